The lowest BCUT2D eigenvalue weighted by atomic mass is 9.93. The van der Waals surface area contributed by atoms with Gasteiger partial charge >= 0.3 is 0 Å². The van der Waals surface area contributed by atoms with Crippen LogP contribution >= 0.6 is 0 Å². The number of hydrogen-bond donors (Lipinski definition) is 0. The van der Waals surface area contributed by atoms with E-state index in [1.807, 2.05) is 44.2 Å². The van der Waals surface area contributed by atoms with Gasteiger partial charge in [-0.1, -0.05) is 61.9 Å². The number of carbonyl (C=O) groups excluding carboxylic acids is 2. The Kier molecular flexibility index (Phi) is 4.17. The van der Waals surface area contributed by atoms with Gasteiger partial charge in [0.15, 0.2) is 0 Å². The number of benzene rings is 3. The molecular weight excluding hydrogens is 372 g/mol. The molecule has 2 amide bonds. The highest BCUT2D eigenvalue weighted by atomic mass is 16.2. The number of amides is 2. The summed E-state index contributed by atoms with van der Waals surface area (Å²) < 4.78 is 0. The van der Waals surface area contributed by atoms with Crippen LogP contribution < -0.4 is 0 Å². The van der Waals surface area contributed by atoms with Crippen molar-refractivity contribution in [2.45, 2.75) is 26.8 Å². The Bertz CT molecular complexity index is 1300. The van der Waals surface area contributed by atoms with Crippen molar-refractivity contribution in [2.24, 2.45) is 5.92 Å². The van der Waals surface area contributed by atoms with Crippen molar-refractivity contribution < 1.29 is 9.59 Å². The lowest BCUT2D eigenvalue weighted by Gasteiger charge is -2.30. The Morgan fingerprint density at radius 2 is 1.37 bits per heavy atom. The topological polar surface area (TPSA) is 50.3 Å². The van der Waals surface area contributed by atoms with Crippen LogP contribution in [0.1, 0.15) is 51.9 Å². The van der Waals surface area contributed by atoms with Gasteiger partial charge in [0.2, 0.25) is 0 Å². The Labute approximate surface area is 175 Å². The van der Waals surface area contributed by atoms with Crippen LogP contribution in [-0.4, -0.2) is 21.7 Å². The number of carbonyl (C=O) groups is 2. The van der Waals surface area contributed by atoms with E-state index in [0.29, 0.717) is 11.1 Å². The van der Waals surface area contributed by atoms with E-state index in [2.05, 4.69) is 19.1 Å². The maximum absolute atomic E-state index is 13.2. The third-order valence-corrected chi connectivity index (χ3v) is 5.90. The highest BCUT2D eigenvalue weighted by Crippen LogP contribution is 2.39. The first-order valence-electron chi connectivity index (χ1n) is 10.2. The fourth-order valence-corrected chi connectivity index (χ4v) is 4.52. The van der Waals surface area contributed by atoms with E-state index in [4.69, 9.17) is 4.98 Å². The van der Waals surface area contributed by atoms with Gasteiger partial charge in [-0.25, -0.2) is 4.98 Å². The van der Waals surface area contributed by atoms with E-state index < -0.39 is 6.04 Å². The summed E-state index contributed by atoms with van der Waals surface area (Å²) in [5.41, 5.74) is 3.74. The van der Waals surface area contributed by atoms with Crippen molar-refractivity contribution in [1.82, 2.24) is 9.88 Å². The molecule has 5 rings (SSSR count). The van der Waals surface area contributed by atoms with Crippen LogP contribution in [0.4, 0.5) is 0 Å². The third kappa shape index (κ3) is 2.64. The van der Waals surface area contributed by atoms with Crippen LogP contribution in [0, 0.1) is 12.8 Å². The van der Waals surface area contributed by atoms with Crippen molar-refractivity contribution >= 4 is 33.5 Å². The lowest BCUT2D eigenvalue weighted by molar-refractivity contribution is 0.0536. The van der Waals surface area contributed by atoms with Crippen molar-refractivity contribution in [3.63, 3.8) is 0 Å². The molecule has 0 aliphatic carbocycles. The molecule has 1 aliphatic heterocycles. The largest absolute Gasteiger partial charge is 0.269 e. The van der Waals surface area contributed by atoms with Gasteiger partial charge in [0.05, 0.1) is 28.4 Å². The smallest absolute Gasteiger partial charge is 0.262 e. The average molecular weight is 394 g/mol. The summed E-state index contributed by atoms with van der Waals surface area (Å²) in [6, 6.07) is 20.9. The summed E-state index contributed by atoms with van der Waals surface area (Å²) in [4.78, 5) is 32.9. The molecule has 0 N–H and O–H groups in total. The summed E-state index contributed by atoms with van der Waals surface area (Å²) in [5.74, 6) is -0.487. The quantitative estimate of drug-likeness (QED) is 0.331. The van der Waals surface area contributed by atoms with Crippen LogP contribution in [0.25, 0.3) is 21.7 Å². The zero-order valence-corrected chi connectivity index (χ0v) is 17.2. The minimum absolute atomic E-state index is 0.00557. The second-order valence-electron chi connectivity index (χ2n) is 8.28. The molecule has 0 bridgehead atoms. The molecule has 0 spiro atoms. The molecule has 0 radical (unpaired) electrons. The monoisotopic (exact) mass is 394 g/mol. The maximum Gasteiger partial charge on any atom is 0.262 e. The van der Waals surface area contributed by atoms with Gasteiger partial charge in [-0.2, -0.15) is 0 Å². The molecule has 3 aromatic carbocycles. The summed E-state index contributed by atoms with van der Waals surface area (Å²) in [5, 5.41) is 3.15. The fraction of sp³-hybridized carbons (Fsp3) is 0.192. The normalized spacial score (nSPS) is 14.7. The summed E-state index contributed by atoms with van der Waals surface area (Å²) in [6.07, 6.45) is 0. The predicted octanol–water partition coefficient (Wildman–Crippen LogP) is 5.69. The molecule has 2 heterocycles. The Morgan fingerprint density at radius 3 is 2.00 bits per heavy atom. The van der Waals surface area contributed by atoms with Crippen LogP contribution in [-0.2, 0) is 0 Å². The molecule has 1 unspecified atom stereocenters. The Balaban J connectivity index is 1.78. The first kappa shape index (κ1) is 18.5. The predicted molar refractivity (Wildman–Crippen MR) is 119 cm³/mol. The van der Waals surface area contributed by atoms with E-state index in [0.717, 1.165) is 27.4 Å². The number of pyridine rings is 1. The molecule has 4 nitrogen and oxygen atoms in total. The molecule has 148 valence electrons. The van der Waals surface area contributed by atoms with Crippen molar-refractivity contribution in [3.8, 4) is 0 Å². The molecule has 1 atom stereocenters. The number of imide groups is 1. The SMILES string of the molecule is Cc1ccc2nc(C(C(C)C)N3C(=O)c4ccccc4C3=O)c3ccccc3c2c1. The molecule has 4 aromatic rings. The third-order valence-electron chi connectivity index (χ3n) is 5.90. The van der Waals surface area contributed by atoms with Crippen LogP contribution in [0.2, 0.25) is 0 Å². The maximum atomic E-state index is 13.2. The first-order valence-corrected chi connectivity index (χ1v) is 10.2. The molecule has 1 aromatic heterocycles. The van der Waals surface area contributed by atoms with Crippen LogP contribution in [0.3, 0.4) is 0 Å². The van der Waals surface area contributed by atoms with Crippen LogP contribution in [0.5, 0.6) is 0 Å². The Hall–Kier alpha value is -3.53. The van der Waals surface area contributed by atoms with Gasteiger partial charge in [0.1, 0.15) is 0 Å². The molecule has 0 fully saturated rings. The van der Waals surface area contributed by atoms with Crippen molar-refractivity contribution in [2.75, 3.05) is 0 Å². The fourth-order valence-electron chi connectivity index (χ4n) is 4.52. The molecule has 4 heteroatoms. The summed E-state index contributed by atoms with van der Waals surface area (Å²) in [6.45, 7) is 6.13. The lowest BCUT2D eigenvalue weighted by Crippen LogP contribution is -2.37. The van der Waals surface area contributed by atoms with Gasteiger partial charge < -0.3 is 0 Å². The van der Waals surface area contributed by atoms with E-state index in [1.54, 1.807) is 24.3 Å². The van der Waals surface area contributed by atoms with Gasteiger partial charge in [-0.3, -0.25) is 14.5 Å². The highest BCUT2D eigenvalue weighted by Gasteiger charge is 2.42. The molecule has 30 heavy (non-hydrogen) atoms. The van der Waals surface area contributed by atoms with Gasteiger partial charge in [0.25, 0.3) is 11.8 Å². The van der Waals surface area contributed by atoms with Crippen molar-refractivity contribution in [1.29, 1.82) is 0 Å². The van der Waals surface area contributed by atoms with E-state index in [1.165, 1.54) is 10.5 Å². The second-order valence-corrected chi connectivity index (χ2v) is 8.28. The minimum Gasteiger partial charge on any atom is -0.269 e. The first-order chi connectivity index (χ1) is 14.5. The second kappa shape index (κ2) is 6.77. The molecule has 0 saturated heterocycles. The Morgan fingerprint density at radius 1 is 0.767 bits per heavy atom. The van der Waals surface area contributed by atoms with Crippen molar-refractivity contribution in [3.05, 3.63) is 89.1 Å². The number of aromatic nitrogens is 1. The molecular formula is C26H22N2O2. The van der Waals surface area contributed by atoms with E-state index in [-0.39, 0.29) is 17.7 Å². The number of nitrogens with zero attached hydrogens (tertiary/aromatic N) is 2. The zero-order valence-electron chi connectivity index (χ0n) is 17.2. The average Bonchev–Trinajstić information content (AvgIpc) is 2.99. The number of rotatable bonds is 3. The van der Waals surface area contributed by atoms with Gasteiger partial charge in [0, 0.05) is 10.8 Å². The van der Waals surface area contributed by atoms with Crippen LogP contribution in [0.15, 0.2) is 66.7 Å². The highest BCUT2D eigenvalue weighted by molar-refractivity contribution is 6.21. The number of hydrogen-bond acceptors (Lipinski definition) is 3. The number of aryl methyl sites for hydroxylation is 1. The van der Waals surface area contributed by atoms with E-state index in [9.17, 15) is 9.59 Å². The van der Waals surface area contributed by atoms with E-state index >= 15 is 0 Å². The summed E-state index contributed by atoms with van der Waals surface area (Å²) >= 11 is 0. The standard InChI is InChI=1S/C26H22N2O2/c1-15(2)24(28-25(29)19-10-6-7-11-20(19)26(28)30)23-18-9-5-4-8-17(18)21-14-16(3)12-13-22(21)27-23/h4-15,24H,1-3H3. The zero-order chi connectivity index (χ0) is 21.0. The minimum atomic E-state index is -0.451. The van der Waals surface area contributed by atoms with Gasteiger partial charge in [-0.05, 0) is 42.5 Å². The molecule has 0 saturated carbocycles. The molecule has 1 aliphatic rings. The number of fused-ring (bicyclic) bond motifs is 4. The summed E-state index contributed by atoms with van der Waals surface area (Å²) in [7, 11) is 0. The van der Waals surface area contributed by atoms with Gasteiger partial charge in [-0.15, -0.1) is 0 Å².